The van der Waals surface area contributed by atoms with Crippen LogP contribution in [0.4, 0.5) is 5.69 Å². The van der Waals surface area contributed by atoms with E-state index in [-0.39, 0.29) is 47.1 Å². The van der Waals surface area contributed by atoms with E-state index in [1.165, 1.54) is 32.2 Å². The summed E-state index contributed by atoms with van der Waals surface area (Å²) in [6, 6.07) is 3.66. The van der Waals surface area contributed by atoms with Gasteiger partial charge in [-0.05, 0) is 25.5 Å². The van der Waals surface area contributed by atoms with Gasteiger partial charge in [-0.2, -0.15) is 0 Å². The highest BCUT2D eigenvalue weighted by Gasteiger charge is 2.23. The number of sulfonamides is 2. The van der Waals surface area contributed by atoms with Crippen LogP contribution in [-0.2, 0) is 20.0 Å². The van der Waals surface area contributed by atoms with Crippen LogP contribution < -0.4 is 19.9 Å². The minimum Gasteiger partial charge on any atom is -0.495 e. The second kappa shape index (κ2) is 10.9. The fourth-order valence-corrected chi connectivity index (χ4v) is 4.23. The smallest absolute Gasteiger partial charge is 0.244 e. The average molecular weight is 430 g/mol. The molecule has 0 saturated heterocycles. The van der Waals surface area contributed by atoms with Crippen LogP contribution in [-0.4, -0.2) is 42.3 Å². The van der Waals surface area contributed by atoms with E-state index < -0.39 is 20.0 Å². The SMILES string of the molecule is CCCCC(CN)NS(=O)(=O)c1ccc(NS(=O)(=O)CC)cc1OC.Cl. The van der Waals surface area contributed by atoms with Crippen molar-refractivity contribution < 1.29 is 21.6 Å². The molecule has 0 amide bonds. The standard InChI is InChI=1S/C15H27N3O5S2.ClH/c1-4-6-7-13(11-16)18-25(21,22)15-9-8-12(10-14(15)23-3)17-24(19,20)5-2;/h8-10,13,17-18H,4-7,11,16H2,1-3H3;1H. The quantitative estimate of drug-likeness (QED) is 0.491. The van der Waals surface area contributed by atoms with Crippen molar-refractivity contribution in [1.82, 2.24) is 4.72 Å². The Balaban J connectivity index is 0.00000625. The number of halogens is 1. The fraction of sp³-hybridized carbons (Fsp3) is 0.600. The molecule has 0 fully saturated rings. The molecular formula is C15H28ClN3O5S2. The maximum absolute atomic E-state index is 12.6. The first kappa shape index (κ1) is 24.9. The van der Waals surface area contributed by atoms with E-state index in [1.54, 1.807) is 0 Å². The summed E-state index contributed by atoms with van der Waals surface area (Å²) in [6.07, 6.45) is 2.44. The lowest BCUT2D eigenvalue weighted by atomic mass is 10.1. The third-order valence-corrected chi connectivity index (χ3v) is 6.49. The van der Waals surface area contributed by atoms with Gasteiger partial charge in [0, 0.05) is 18.7 Å². The molecule has 0 aliphatic carbocycles. The van der Waals surface area contributed by atoms with Gasteiger partial charge < -0.3 is 10.5 Å². The van der Waals surface area contributed by atoms with Gasteiger partial charge in [-0.1, -0.05) is 19.8 Å². The lowest BCUT2D eigenvalue weighted by molar-refractivity contribution is 0.402. The number of ether oxygens (including phenoxy) is 1. The summed E-state index contributed by atoms with van der Waals surface area (Å²) in [6.45, 7) is 3.71. The first-order chi connectivity index (χ1) is 11.7. The molecule has 0 spiro atoms. The lowest BCUT2D eigenvalue weighted by Gasteiger charge is -2.18. The first-order valence-corrected chi connectivity index (χ1v) is 11.2. The Morgan fingerprint density at radius 2 is 1.85 bits per heavy atom. The normalized spacial score (nSPS) is 12.9. The molecule has 4 N–H and O–H groups in total. The number of rotatable bonds is 11. The zero-order valence-electron chi connectivity index (χ0n) is 15.2. The van der Waals surface area contributed by atoms with Gasteiger partial charge in [0.05, 0.1) is 18.6 Å². The van der Waals surface area contributed by atoms with Crippen molar-refractivity contribution in [1.29, 1.82) is 0 Å². The highest BCUT2D eigenvalue weighted by atomic mass is 35.5. The Hall–Kier alpha value is -1.07. The number of nitrogens with two attached hydrogens (primary N) is 1. The van der Waals surface area contributed by atoms with Crippen molar-refractivity contribution in [2.24, 2.45) is 5.73 Å². The lowest BCUT2D eigenvalue weighted by Crippen LogP contribution is -2.40. The number of unbranched alkanes of at least 4 members (excludes halogenated alkanes) is 1. The monoisotopic (exact) mass is 429 g/mol. The van der Waals surface area contributed by atoms with Gasteiger partial charge in [0.2, 0.25) is 20.0 Å². The first-order valence-electron chi connectivity index (χ1n) is 8.10. The summed E-state index contributed by atoms with van der Waals surface area (Å²) in [7, 11) is -5.99. The molecule has 26 heavy (non-hydrogen) atoms. The molecule has 1 unspecified atom stereocenters. The molecule has 0 aliphatic heterocycles. The van der Waals surface area contributed by atoms with Gasteiger partial charge >= 0.3 is 0 Å². The van der Waals surface area contributed by atoms with Crippen molar-refractivity contribution in [2.75, 3.05) is 24.1 Å². The van der Waals surface area contributed by atoms with Gasteiger partial charge in [0.15, 0.2) is 0 Å². The maximum Gasteiger partial charge on any atom is 0.244 e. The molecule has 1 atom stereocenters. The van der Waals surface area contributed by atoms with Crippen LogP contribution in [0.1, 0.15) is 33.1 Å². The molecule has 1 aromatic rings. The van der Waals surface area contributed by atoms with Crippen LogP contribution in [0.15, 0.2) is 23.1 Å². The van der Waals surface area contributed by atoms with Gasteiger partial charge in [-0.25, -0.2) is 21.6 Å². The van der Waals surface area contributed by atoms with E-state index in [2.05, 4.69) is 9.44 Å². The van der Waals surface area contributed by atoms with Gasteiger partial charge in [0.25, 0.3) is 0 Å². The third-order valence-electron chi connectivity index (χ3n) is 3.62. The Morgan fingerprint density at radius 3 is 2.35 bits per heavy atom. The van der Waals surface area contributed by atoms with Gasteiger partial charge in [-0.15, -0.1) is 12.4 Å². The summed E-state index contributed by atoms with van der Waals surface area (Å²) in [5.41, 5.74) is 5.88. The van der Waals surface area contributed by atoms with Crippen molar-refractivity contribution in [3.8, 4) is 5.75 Å². The van der Waals surface area contributed by atoms with Gasteiger partial charge in [0.1, 0.15) is 10.6 Å². The number of methoxy groups -OCH3 is 1. The summed E-state index contributed by atoms with van der Waals surface area (Å²) in [5, 5.41) is 0. The second-order valence-corrected chi connectivity index (χ2v) is 9.26. The van der Waals surface area contributed by atoms with Gasteiger partial charge in [-0.3, -0.25) is 4.72 Å². The Labute approximate surface area is 162 Å². The number of hydrogen-bond acceptors (Lipinski definition) is 6. The molecule has 0 heterocycles. The highest BCUT2D eigenvalue weighted by Crippen LogP contribution is 2.28. The van der Waals surface area contributed by atoms with Crippen LogP contribution in [0.3, 0.4) is 0 Å². The van der Waals surface area contributed by atoms with Crippen molar-refractivity contribution in [2.45, 2.75) is 44.0 Å². The molecular weight excluding hydrogens is 402 g/mol. The Kier molecular flexibility index (Phi) is 10.5. The molecule has 152 valence electrons. The molecule has 0 aliphatic rings. The molecule has 0 radical (unpaired) electrons. The molecule has 1 aromatic carbocycles. The van der Waals surface area contributed by atoms with E-state index in [0.717, 1.165) is 12.8 Å². The van der Waals surface area contributed by atoms with E-state index in [4.69, 9.17) is 10.5 Å². The molecule has 0 saturated carbocycles. The Bertz CT molecular complexity index is 769. The second-order valence-electron chi connectivity index (χ2n) is 5.57. The summed E-state index contributed by atoms with van der Waals surface area (Å²) in [5.74, 6) is -0.0398. The van der Waals surface area contributed by atoms with Crippen molar-refractivity contribution >= 4 is 38.1 Å². The van der Waals surface area contributed by atoms with E-state index in [1.807, 2.05) is 6.92 Å². The van der Waals surface area contributed by atoms with E-state index in [0.29, 0.717) is 6.42 Å². The minimum atomic E-state index is -3.84. The number of benzene rings is 1. The van der Waals surface area contributed by atoms with E-state index in [9.17, 15) is 16.8 Å². The van der Waals surface area contributed by atoms with Crippen molar-refractivity contribution in [3.05, 3.63) is 18.2 Å². The largest absolute Gasteiger partial charge is 0.495 e. The number of anilines is 1. The molecule has 8 nitrogen and oxygen atoms in total. The van der Waals surface area contributed by atoms with Crippen LogP contribution in [0, 0.1) is 0 Å². The molecule has 11 heteroatoms. The number of hydrogen-bond donors (Lipinski definition) is 3. The van der Waals surface area contributed by atoms with Crippen LogP contribution >= 0.6 is 12.4 Å². The predicted molar refractivity (Wildman–Crippen MR) is 106 cm³/mol. The van der Waals surface area contributed by atoms with Crippen LogP contribution in [0.25, 0.3) is 0 Å². The zero-order chi connectivity index (χ0) is 19.1. The molecule has 0 bridgehead atoms. The van der Waals surface area contributed by atoms with E-state index >= 15 is 0 Å². The third kappa shape index (κ3) is 7.28. The van der Waals surface area contributed by atoms with Crippen molar-refractivity contribution in [3.63, 3.8) is 0 Å². The molecule has 1 rings (SSSR count). The van der Waals surface area contributed by atoms with Crippen LogP contribution in [0.2, 0.25) is 0 Å². The fourth-order valence-electron chi connectivity index (χ4n) is 2.16. The average Bonchev–Trinajstić information content (AvgIpc) is 2.57. The topological polar surface area (TPSA) is 128 Å². The summed E-state index contributed by atoms with van der Waals surface area (Å²) < 4.78 is 58.6. The zero-order valence-corrected chi connectivity index (χ0v) is 17.6. The van der Waals surface area contributed by atoms with Crippen LogP contribution in [0.5, 0.6) is 5.75 Å². The summed E-state index contributed by atoms with van der Waals surface area (Å²) >= 11 is 0. The minimum absolute atomic E-state index is 0. The number of nitrogens with one attached hydrogen (secondary N) is 2. The predicted octanol–water partition coefficient (Wildman–Crippen LogP) is 1.67. The molecule has 0 aromatic heterocycles. The Morgan fingerprint density at radius 1 is 1.19 bits per heavy atom. The highest BCUT2D eigenvalue weighted by molar-refractivity contribution is 7.92. The maximum atomic E-state index is 12.6. The summed E-state index contributed by atoms with van der Waals surface area (Å²) in [4.78, 5) is -0.0654.